The van der Waals surface area contributed by atoms with E-state index in [9.17, 15) is 30.6 Å². The standard InChI is InChI=1S/C21H36O10/c1-5-21(4,8-6-7-11(2)3)31-20-18(27)16(25)15(24)13(30-20)10-29-19-17(26)14(23)12(22)9-28-19/h5,7,12-20,22-27H,1,6,8-10H2,2-4H3/t12-,13-,14+,15-,16+,17-,18-,19+,20+,21-/m1/s1. The minimum atomic E-state index is -1.57. The Labute approximate surface area is 182 Å². The molecule has 0 aliphatic carbocycles. The van der Waals surface area contributed by atoms with Crippen LogP contribution in [0.4, 0.5) is 0 Å². The van der Waals surface area contributed by atoms with Gasteiger partial charge >= 0.3 is 0 Å². The Morgan fingerprint density at radius 3 is 2.26 bits per heavy atom. The summed E-state index contributed by atoms with van der Waals surface area (Å²) in [6.45, 7) is 8.94. The summed E-state index contributed by atoms with van der Waals surface area (Å²) in [4.78, 5) is 0. The summed E-state index contributed by atoms with van der Waals surface area (Å²) in [7, 11) is 0. The minimum Gasteiger partial charge on any atom is -0.388 e. The van der Waals surface area contributed by atoms with Gasteiger partial charge in [-0.05, 0) is 33.6 Å². The molecule has 2 heterocycles. The molecule has 10 heteroatoms. The van der Waals surface area contributed by atoms with Gasteiger partial charge in [0.25, 0.3) is 0 Å². The SMILES string of the molecule is C=C[C@](C)(CCC=C(C)C)O[C@@H]1O[C@H](CO[C@@H]2OC[C@@H](O)[C@H](O)[C@H]2O)[C@@H](O)[C@H](O)[C@H]1O. The predicted molar refractivity (Wildman–Crippen MR) is 109 cm³/mol. The van der Waals surface area contributed by atoms with Crippen LogP contribution >= 0.6 is 0 Å². The lowest BCUT2D eigenvalue weighted by atomic mass is 9.96. The van der Waals surface area contributed by atoms with E-state index in [1.807, 2.05) is 19.9 Å². The molecular weight excluding hydrogens is 412 g/mol. The lowest BCUT2D eigenvalue weighted by Crippen LogP contribution is -2.61. The fourth-order valence-corrected chi connectivity index (χ4v) is 3.39. The van der Waals surface area contributed by atoms with Gasteiger partial charge in [-0.3, -0.25) is 0 Å². The third-order valence-corrected chi connectivity index (χ3v) is 5.56. The Balaban J connectivity index is 2.01. The van der Waals surface area contributed by atoms with E-state index >= 15 is 0 Å². The van der Waals surface area contributed by atoms with Crippen molar-refractivity contribution < 1.29 is 49.6 Å². The van der Waals surface area contributed by atoms with E-state index in [-0.39, 0.29) is 13.2 Å². The molecule has 10 nitrogen and oxygen atoms in total. The highest BCUT2D eigenvalue weighted by molar-refractivity contribution is 5.00. The molecule has 2 saturated heterocycles. The summed E-state index contributed by atoms with van der Waals surface area (Å²) in [6.07, 6.45) is -7.54. The number of hydrogen-bond donors (Lipinski definition) is 6. The van der Waals surface area contributed by atoms with E-state index in [0.717, 1.165) is 5.57 Å². The van der Waals surface area contributed by atoms with Gasteiger partial charge in [-0.25, -0.2) is 0 Å². The van der Waals surface area contributed by atoms with E-state index in [1.165, 1.54) is 0 Å². The molecule has 6 N–H and O–H groups in total. The van der Waals surface area contributed by atoms with Gasteiger partial charge < -0.3 is 49.6 Å². The average Bonchev–Trinajstić information content (AvgIpc) is 2.72. The Bertz CT molecular complexity index is 609. The third-order valence-electron chi connectivity index (χ3n) is 5.56. The summed E-state index contributed by atoms with van der Waals surface area (Å²) in [5.41, 5.74) is 0.286. The zero-order valence-corrected chi connectivity index (χ0v) is 18.2. The first kappa shape index (κ1) is 26.3. The lowest BCUT2D eigenvalue weighted by molar-refractivity contribution is -0.333. The highest BCUT2D eigenvalue weighted by atomic mass is 16.7. The zero-order chi connectivity index (χ0) is 23.3. The summed E-state index contributed by atoms with van der Waals surface area (Å²) < 4.78 is 22.1. The van der Waals surface area contributed by atoms with Crippen LogP contribution < -0.4 is 0 Å². The Morgan fingerprint density at radius 2 is 1.65 bits per heavy atom. The van der Waals surface area contributed by atoms with Crippen LogP contribution in [0.25, 0.3) is 0 Å². The molecule has 2 aliphatic heterocycles. The van der Waals surface area contributed by atoms with Gasteiger partial charge in [-0.2, -0.15) is 0 Å². The Hall–Kier alpha value is -0.920. The summed E-state index contributed by atoms with van der Waals surface area (Å²) in [5, 5.41) is 60.1. The first-order chi connectivity index (χ1) is 14.5. The molecule has 2 fully saturated rings. The molecule has 31 heavy (non-hydrogen) atoms. The van der Waals surface area contributed by atoms with Crippen molar-refractivity contribution in [2.75, 3.05) is 13.2 Å². The van der Waals surface area contributed by atoms with Gasteiger partial charge in [0.15, 0.2) is 12.6 Å². The quantitative estimate of drug-likeness (QED) is 0.241. The van der Waals surface area contributed by atoms with Crippen LogP contribution in [0.15, 0.2) is 24.3 Å². The second-order valence-electron chi connectivity index (χ2n) is 8.55. The van der Waals surface area contributed by atoms with Crippen LogP contribution in [-0.4, -0.2) is 105 Å². The fraction of sp³-hybridized carbons (Fsp3) is 0.810. The van der Waals surface area contributed by atoms with Crippen molar-refractivity contribution in [3.05, 3.63) is 24.3 Å². The smallest absolute Gasteiger partial charge is 0.187 e. The number of allylic oxidation sites excluding steroid dienone is 2. The third kappa shape index (κ3) is 6.78. The second-order valence-corrected chi connectivity index (χ2v) is 8.55. The van der Waals surface area contributed by atoms with E-state index in [4.69, 9.17) is 18.9 Å². The van der Waals surface area contributed by atoms with Crippen molar-refractivity contribution in [1.29, 1.82) is 0 Å². The first-order valence-electron chi connectivity index (χ1n) is 10.4. The molecule has 0 amide bonds. The maximum Gasteiger partial charge on any atom is 0.187 e. The molecule has 0 bridgehead atoms. The van der Waals surface area contributed by atoms with E-state index in [1.54, 1.807) is 13.0 Å². The van der Waals surface area contributed by atoms with Crippen molar-refractivity contribution in [3.63, 3.8) is 0 Å². The van der Waals surface area contributed by atoms with Crippen molar-refractivity contribution in [1.82, 2.24) is 0 Å². The molecule has 10 atom stereocenters. The van der Waals surface area contributed by atoms with Crippen molar-refractivity contribution >= 4 is 0 Å². The van der Waals surface area contributed by atoms with Gasteiger partial charge in [0.1, 0.15) is 42.7 Å². The molecule has 0 saturated carbocycles. The summed E-state index contributed by atoms with van der Waals surface area (Å²) in [5.74, 6) is 0. The van der Waals surface area contributed by atoms with Gasteiger partial charge in [0, 0.05) is 0 Å². The molecule has 0 unspecified atom stereocenters. The van der Waals surface area contributed by atoms with Crippen LogP contribution in [0.5, 0.6) is 0 Å². The lowest BCUT2D eigenvalue weighted by Gasteiger charge is -2.43. The van der Waals surface area contributed by atoms with Crippen LogP contribution in [-0.2, 0) is 18.9 Å². The minimum absolute atomic E-state index is 0.243. The Morgan fingerprint density at radius 1 is 1.00 bits per heavy atom. The van der Waals surface area contributed by atoms with E-state index < -0.39 is 60.9 Å². The summed E-state index contributed by atoms with van der Waals surface area (Å²) in [6, 6.07) is 0. The van der Waals surface area contributed by atoms with Crippen LogP contribution in [0.3, 0.4) is 0 Å². The monoisotopic (exact) mass is 448 g/mol. The number of hydrogen-bond acceptors (Lipinski definition) is 10. The molecule has 180 valence electrons. The summed E-state index contributed by atoms with van der Waals surface area (Å²) >= 11 is 0. The molecular formula is C21H36O10. The van der Waals surface area contributed by atoms with Crippen molar-refractivity contribution in [2.24, 2.45) is 0 Å². The van der Waals surface area contributed by atoms with Gasteiger partial charge in [0.2, 0.25) is 0 Å². The van der Waals surface area contributed by atoms with Gasteiger partial charge in [0.05, 0.1) is 18.8 Å². The van der Waals surface area contributed by atoms with Crippen LogP contribution in [0.2, 0.25) is 0 Å². The first-order valence-corrected chi connectivity index (χ1v) is 10.4. The van der Waals surface area contributed by atoms with Gasteiger partial charge in [-0.15, -0.1) is 6.58 Å². The van der Waals surface area contributed by atoms with Crippen LogP contribution in [0.1, 0.15) is 33.6 Å². The number of rotatable bonds is 9. The molecule has 0 radical (unpaired) electrons. The van der Waals surface area contributed by atoms with E-state index in [0.29, 0.717) is 12.8 Å². The van der Waals surface area contributed by atoms with Gasteiger partial charge in [-0.1, -0.05) is 17.7 Å². The highest BCUT2D eigenvalue weighted by Crippen LogP contribution is 2.30. The molecule has 0 spiro atoms. The van der Waals surface area contributed by atoms with Crippen molar-refractivity contribution in [2.45, 2.75) is 94.5 Å². The molecule has 2 aliphatic rings. The van der Waals surface area contributed by atoms with E-state index in [2.05, 4.69) is 6.58 Å². The zero-order valence-electron chi connectivity index (χ0n) is 18.2. The molecule has 0 aromatic rings. The maximum absolute atomic E-state index is 10.3. The van der Waals surface area contributed by atoms with Crippen molar-refractivity contribution in [3.8, 4) is 0 Å². The number of aliphatic hydroxyl groups excluding tert-OH is 6. The predicted octanol–water partition coefficient (Wildman–Crippen LogP) is -1.04. The molecule has 0 aromatic carbocycles. The number of ether oxygens (including phenoxy) is 4. The van der Waals surface area contributed by atoms with Crippen LogP contribution in [0, 0.1) is 0 Å². The highest BCUT2D eigenvalue weighted by Gasteiger charge is 2.47. The molecule has 2 rings (SSSR count). The normalized spacial score (nSPS) is 40.7. The second kappa shape index (κ2) is 11.3. The Kier molecular flexibility index (Phi) is 9.58. The average molecular weight is 449 g/mol. The number of aliphatic hydroxyl groups is 6. The topological polar surface area (TPSA) is 158 Å². The fourth-order valence-electron chi connectivity index (χ4n) is 3.39. The largest absolute Gasteiger partial charge is 0.388 e. The maximum atomic E-state index is 10.3. The molecule has 0 aromatic heterocycles.